The molecule has 182 valence electrons. The minimum Gasteiger partial charge on any atom is -0.491 e. The second-order valence-electron chi connectivity index (χ2n) is 9.19. The number of nitrogens with zero attached hydrogens (tertiary/aromatic N) is 2. The molecule has 0 fully saturated rings. The fourth-order valence-corrected chi connectivity index (χ4v) is 4.60. The van der Waals surface area contributed by atoms with Gasteiger partial charge in [0, 0.05) is 20.1 Å². The molecule has 3 aromatic carbocycles. The molecule has 0 spiro atoms. The molecule has 0 unspecified atom stereocenters. The van der Waals surface area contributed by atoms with Crippen LogP contribution in [0.1, 0.15) is 40.7 Å². The Morgan fingerprint density at radius 1 is 0.829 bits per heavy atom. The average Bonchev–Trinajstić information content (AvgIpc) is 2.90. The molecule has 1 aliphatic rings. The Labute approximate surface area is 208 Å². The van der Waals surface area contributed by atoms with Gasteiger partial charge in [0.1, 0.15) is 12.4 Å². The number of benzene rings is 3. The van der Waals surface area contributed by atoms with E-state index in [1.165, 1.54) is 0 Å². The summed E-state index contributed by atoms with van der Waals surface area (Å²) in [6.45, 7) is 1.67. The molecule has 2 amide bonds. The van der Waals surface area contributed by atoms with E-state index in [4.69, 9.17) is 4.74 Å². The first kappa shape index (κ1) is 24.5. The lowest BCUT2D eigenvalue weighted by atomic mass is 10.0. The number of hydrogen-bond donors (Lipinski definition) is 0. The fourth-order valence-electron chi connectivity index (χ4n) is 4.60. The van der Waals surface area contributed by atoms with Crippen LogP contribution in [0.4, 0.5) is 0 Å². The molecule has 0 bridgehead atoms. The van der Waals surface area contributed by atoms with Crippen LogP contribution in [0.5, 0.6) is 5.75 Å². The lowest BCUT2D eigenvalue weighted by molar-refractivity contribution is -0.133. The molecule has 35 heavy (non-hydrogen) atoms. The zero-order valence-electron chi connectivity index (χ0n) is 20.4. The standard InChI is InChI=1S/C30H34N2O3/c1-31-19-11-4-12-20-32(29(33)22-25-15-7-3-8-16-25)26(21-24-13-5-2-6-14-24)23-35-28-18-10-9-17-27(28)30(31)34/h2-3,5-10,13-18,26H,4,11-12,19-23H2,1H3/t26-/m0/s1. The Morgan fingerprint density at radius 2 is 1.46 bits per heavy atom. The van der Waals surface area contributed by atoms with E-state index in [0.29, 0.717) is 43.9 Å². The number of para-hydroxylation sites is 1. The summed E-state index contributed by atoms with van der Waals surface area (Å²) >= 11 is 0. The number of hydrogen-bond acceptors (Lipinski definition) is 3. The van der Waals surface area contributed by atoms with Gasteiger partial charge in [-0.05, 0) is 48.9 Å². The van der Waals surface area contributed by atoms with Gasteiger partial charge in [-0.15, -0.1) is 0 Å². The van der Waals surface area contributed by atoms with Crippen molar-refractivity contribution in [2.24, 2.45) is 0 Å². The summed E-state index contributed by atoms with van der Waals surface area (Å²) in [4.78, 5) is 30.4. The Kier molecular flexibility index (Phi) is 8.55. The van der Waals surface area contributed by atoms with Crippen molar-refractivity contribution in [3.05, 3.63) is 102 Å². The lowest BCUT2D eigenvalue weighted by Gasteiger charge is -2.32. The third-order valence-electron chi connectivity index (χ3n) is 6.56. The van der Waals surface area contributed by atoms with Gasteiger partial charge in [-0.25, -0.2) is 0 Å². The highest BCUT2D eigenvalue weighted by Gasteiger charge is 2.26. The highest BCUT2D eigenvalue weighted by Crippen LogP contribution is 2.22. The summed E-state index contributed by atoms with van der Waals surface area (Å²) < 4.78 is 6.29. The predicted molar refractivity (Wildman–Crippen MR) is 139 cm³/mol. The zero-order valence-corrected chi connectivity index (χ0v) is 20.4. The van der Waals surface area contributed by atoms with Crippen LogP contribution in [0.25, 0.3) is 0 Å². The van der Waals surface area contributed by atoms with Crippen LogP contribution in [0.2, 0.25) is 0 Å². The van der Waals surface area contributed by atoms with E-state index >= 15 is 0 Å². The SMILES string of the molecule is CN1CCCCCN(C(=O)Cc2ccccc2)[C@@H](Cc2ccccc2)COc2ccccc2C1=O. The van der Waals surface area contributed by atoms with Crippen LogP contribution in [0.3, 0.4) is 0 Å². The number of fused-ring (bicyclic) bond motifs is 1. The van der Waals surface area contributed by atoms with E-state index in [1.807, 2.05) is 84.7 Å². The summed E-state index contributed by atoms with van der Waals surface area (Å²) in [6, 6.07) is 27.4. The Morgan fingerprint density at radius 3 is 2.20 bits per heavy atom. The quantitative estimate of drug-likeness (QED) is 0.539. The van der Waals surface area contributed by atoms with Crippen molar-refractivity contribution < 1.29 is 14.3 Å². The third kappa shape index (κ3) is 6.72. The van der Waals surface area contributed by atoms with Gasteiger partial charge >= 0.3 is 0 Å². The van der Waals surface area contributed by atoms with Crippen molar-refractivity contribution in [3.8, 4) is 5.75 Å². The normalized spacial score (nSPS) is 17.4. The minimum atomic E-state index is -0.143. The lowest BCUT2D eigenvalue weighted by Crippen LogP contribution is -2.46. The van der Waals surface area contributed by atoms with Gasteiger partial charge in [-0.1, -0.05) is 72.8 Å². The minimum absolute atomic E-state index is 0.0310. The van der Waals surface area contributed by atoms with E-state index < -0.39 is 0 Å². The van der Waals surface area contributed by atoms with Gasteiger partial charge in [0.2, 0.25) is 5.91 Å². The monoisotopic (exact) mass is 470 g/mol. The van der Waals surface area contributed by atoms with Crippen LogP contribution in [0.15, 0.2) is 84.9 Å². The molecule has 0 aromatic heterocycles. The maximum atomic E-state index is 13.6. The molecular formula is C30H34N2O3. The van der Waals surface area contributed by atoms with Crippen molar-refractivity contribution in [2.75, 3.05) is 26.7 Å². The van der Waals surface area contributed by atoms with Gasteiger partial charge in [0.25, 0.3) is 5.91 Å². The predicted octanol–water partition coefficient (Wildman–Crippen LogP) is 5.00. The van der Waals surface area contributed by atoms with E-state index in [0.717, 1.165) is 30.4 Å². The van der Waals surface area contributed by atoms with E-state index in [-0.39, 0.29) is 17.9 Å². The molecule has 1 atom stereocenters. The van der Waals surface area contributed by atoms with Crippen LogP contribution >= 0.6 is 0 Å². The Hall–Kier alpha value is -3.60. The van der Waals surface area contributed by atoms with E-state index in [1.54, 1.807) is 4.90 Å². The van der Waals surface area contributed by atoms with Crippen molar-refractivity contribution in [3.63, 3.8) is 0 Å². The molecule has 0 N–H and O–H groups in total. The zero-order chi connectivity index (χ0) is 24.5. The average molecular weight is 471 g/mol. The molecule has 5 heteroatoms. The topological polar surface area (TPSA) is 49.9 Å². The Balaban J connectivity index is 1.64. The number of ether oxygens (including phenoxy) is 1. The third-order valence-corrected chi connectivity index (χ3v) is 6.56. The van der Waals surface area contributed by atoms with Crippen LogP contribution in [0, 0.1) is 0 Å². The largest absolute Gasteiger partial charge is 0.491 e. The van der Waals surface area contributed by atoms with Crippen LogP contribution < -0.4 is 4.74 Å². The highest BCUT2D eigenvalue weighted by molar-refractivity contribution is 5.96. The van der Waals surface area contributed by atoms with Gasteiger partial charge in [0.15, 0.2) is 0 Å². The number of amides is 2. The number of carbonyl (C=O) groups excluding carboxylic acids is 2. The van der Waals surface area contributed by atoms with Gasteiger partial charge in [-0.2, -0.15) is 0 Å². The molecule has 3 aromatic rings. The number of carbonyl (C=O) groups is 2. The molecule has 0 saturated carbocycles. The molecule has 0 saturated heterocycles. The highest BCUT2D eigenvalue weighted by atomic mass is 16.5. The van der Waals surface area contributed by atoms with E-state index in [2.05, 4.69) is 12.1 Å². The summed E-state index contributed by atoms with van der Waals surface area (Å²) in [5, 5.41) is 0. The molecular weight excluding hydrogens is 436 g/mol. The second-order valence-corrected chi connectivity index (χ2v) is 9.19. The van der Waals surface area contributed by atoms with Gasteiger partial charge < -0.3 is 14.5 Å². The smallest absolute Gasteiger partial charge is 0.257 e. The molecule has 1 heterocycles. The summed E-state index contributed by atoms with van der Waals surface area (Å²) in [6.07, 6.45) is 3.80. The molecule has 1 aliphatic heterocycles. The molecule has 4 rings (SSSR count). The van der Waals surface area contributed by atoms with Crippen molar-refractivity contribution in [2.45, 2.75) is 38.1 Å². The first-order valence-corrected chi connectivity index (χ1v) is 12.5. The molecule has 5 nitrogen and oxygen atoms in total. The van der Waals surface area contributed by atoms with Crippen LogP contribution in [-0.4, -0.2) is 54.4 Å². The molecule has 0 radical (unpaired) electrons. The Bertz CT molecular complexity index is 1100. The van der Waals surface area contributed by atoms with E-state index in [9.17, 15) is 9.59 Å². The maximum absolute atomic E-state index is 13.6. The molecule has 0 aliphatic carbocycles. The van der Waals surface area contributed by atoms with Crippen molar-refractivity contribution >= 4 is 11.8 Å². The fraction of sp³-hybridized carbons (Fsp3) is 0.333. The van der Waals surface area contributed by atoms with Crippen molar-refractivity contribution in [1.82, 2.24) is 9.80 Å². The summed E-state index contributed by atoms with van der Waals surface area (Å²) in [5.41, 5.74) is 2.74. The second kappa shape index (κ2) is 12.2. The van der Waals surface area contributed by atoms with Crippen LogP contribution in [-0.2, 0) is 17.6 Å². The van der Waals surface area contributed by atoms with Gasteiger partial charge in [-0.3, -0.25) is 9.59 Å². The summed E-state index contributed by atoms with van der Waals surface area (Å²) in [7, 11) is 1.84. The van der Waals surface area contributed by atoms with Crippen molar-refractivity contribution in [1.29, 1.82) is 0 Å². The summed E-state index contributed by atoms with van der Waals surface area (Å²) in [5.74, 6) is 0.644. The van der Waals surface area contributed by atoms with Gasteiger partial charge in [0.05, 0.1) is 18.0 Å². The first-order chi connectivity index (χ1) is 17.1. The maximum Gasteiger partial charge on any atom is 0.257 e. The number of rotatable bonds is 4. The first-order valence-electron chi connectivity index (χ1n) is 12.5.